The molecule has 2 unspecified atom stereocenters. The van der Waals surface area contributed by atoms with Gasteiger partial charge < -0.3 is 31.8 Å². The Morgan fingerprint density at radius 1 is 1.23 bits per heavy atom. The molecule has 0 saturated carbocycles. The first-order valence-corrected chi connectivity index (χ1v) is 15.7. The van der Waals surface area contributed by atoms with Crippen molar-refractivity contribution >= 4 is 85.9 Å². The van der Waals surface area contributed by atoms with Gasteiger partial charge in [0.15, 0.2) is 5.82 Å². The third-order valence-electron chi connectivity index (χ3n) is 7.21. The zero-order valence-corrected chi connectivity index (χ0v) is 26.2. The van der Waals surface area contributed by atoms with Crippen LogP contribution >= 0.6 is 35.3 Å². The number of benzene rings is 1. The normalized spacial score (nSPS) is 17.8. The number of tetrazole rings is 1. The Labute approximate surface area is 275 Å². The zero-order chi connectivity index (χ0) is 33.6. The Balaban J connectivity index is 1.28. The van der Waals surface area contributed by atoms with Crippen molar-refractivity contribution in [2.45, 2.75) is 17.5 Å². The van der Waals surface area contributed by atoms with Gasteiger partial charge in [-0.25, -0.2) is 19.3 Å². The largest absolute Gasteiger partial charge is 0.477 e. The maximum absolute atomic E-state index is 13.8. The number of H-pyrrole nitrogens is 1. The van der Waals surface area contributed by atoms with E-state index in [0.717, 1.165) is 16.7 Å². The number of aryl methyl sites for hydroxylation is 1. The van der Waals surface area contributed by atoms with Crippen molar-refractivity contribution < 1.29 is 29.1 Å². The second-order valence-corrected chi connectivity index (χ2v) is 12.4. The number of carbonyl (C=O) groups is 5. The molecule has 21 heteroatoms. The van der Waals surface area contributed by atoms with Crippen LogP contribution < -0.4 is 27.1 Å². The highest BCUT2D eigenvalue weighted by Crippen LogP contribution is 2.41. The number of aliphatic carboxylic acids is 1. The predicted octanol–water partition coefficient (Wildman–Crippen LogP) is -0.373. The molecule has 3 atom stereocenters. The average Bonchev–Trinajstić information content (AvgIpc) is 3.70. The molecule has 0 aliphatic carbocycles. The number of hydrogen-bond acceptors (Lipinski definition) is 13. The van der Waals surface area contributed by atoms with Gasteiger partial charge in [-0.05, 0) is 28.1 Å². The summed E-state index contributed by atoms with van der Waals surface area (Å²) >= 11 is 7.79. The number of primary amides is 1. The molecule has 2 aliphatic heterocycles. The molecule has 7 N–H and O–H groups in total. The summed E-state index contributed by atoms with van der Waals surface area (Å²) in [5.41, 5.74) is 5.91. The predicted molar refractivity (Wildman–Crippen MR) is 170 cm³/mol. The van der Waals surface area contributed by atoms with Crippen molar-refractivity contribution in [3.63, 3.8) is 0 Å². The monoisotopic (exact) mass is 695 g/mol. The van der Waals surface area contributed by atoms with Crippen molar-refractivity contribution in [1.29, 1.82) is 0 Å². The Morgan fingerprint density at radius 2 is 2.02 bits per heavy atom. The molecule has 4 aromatic rings. The lowest BCUT2D eigenvalue weighted by Gasteiger charge is -2.49. The van der Waals surface area contributed by atoms with Crippen LogP contribution in [0.1, 0.15) is 27.8 Å². The summed E-state index contributed by atoms with van der Waals surface area (Å²) in [6, 6.07) is 2.31. The number of amides is 5. The number of thiocarbonyl (C=S) groups is 1. The number of nitrogens with one attached hydrogen (secondary N) is 4. The van der Waals surface area contributed by atoms with E-state index in [4.69, 9.17) is 18.0 Å². The van der Waals surface area contributed by atoms with E-state index in [1.165, 1.54) is 59.0 Å². The van der Waals surface area contributed by atoms with Crippen molar-refractivity contribution in [2.24, 2.45) is 12.8 Å². The summed E-state index contributed by atoms with van der Waals surface area (Å²) in [7, 11) is 1.53. The number of aromatic nitrogens is 6. The number of carboxylic acids is 1. The van der Waals surface area contributed by atoms with Gasteiger partial charge in [-0.1, -0.05) is 24.4 Å². The Kier molecular flexibility index (Phi) is 8.25. The van der Waals surface area contributed by atoms with E-state index in [2.05, 4.69) is 41.4 Å². The van der Waals surface area contributed by atoms with Crippen molar-refractivity contribution in [2.75, 3.05) is 11.1 Å². The molecule has 0 radical (unpaired) electrons. The molecule has 18 nitrogen and oxygen atoms in total. The standard InChI is InChI=1S/C26H21N11O7S3/c1-36-19(33-34-35-36)18(45)12-7-46-24-15(23(41)37(24)16(12)25(42)43)32-21(40)13(9-3-2-4-10(5-9)30-26(27)44)31-20(39)11-6-28-22-14(17(11)38)29-8-47-22/h2-6,8,13,15,24H,7H2,1H3,(H,28,38)(H,31,39)(H,32,40)(H,42,43)(H3,27,30,44)/t13?,15?,24-/m0/s1. The maximum Gasteiger partial charge on any atom is 0.353 e. The number of pyridine rings is 1. The highest BCUT2D eigenvalue weighted by atomic mass is 32.2. The van der Waals surface area contributed by atoms with E-state index in [1.54, 1.807) is 0 Å². The molecular formula is C26H21N11O7S3. The number of aromatic amines is 1. The number of fused-ring (bicyclic) bond motifs is 2. The zero-order valence-electron chi connectivity index (χ0n) is 23.8. The lowest BCUT2D eigenvalue weighted by molar-refractivity contribution is -0.150. The summed E-state index contributed by atoms with van der Waals surface area (Å²) in [5.74, 6) is -3.71. The molecular weight excluding hydrogens is 675 g/mol. The first-order valence-electron chi connectivity index (χ1n) is 13.4. The number of hydrogen-bond donors (Lipinski definition) is 6. The first-order chi connectivity index (χ1) is 22.5. The lowest BCUT2D eigenvalue weighted by Crippen LogP contribution is -2.71. The van der Waals surface area contributed by atoms with Gasteiger partial charge in [-0.3, -0.25) is 24.1 Å². The van der Waals surface area contributed by atoms with Gasteiger partial charge in [0.05, 0.1) is 10.4 Å². The average molecular weight is 696 g/mol. The van der Waals surface area contributed by atoms with Crippen molar-refractivity contribution in [1.82, 2.24) is 45.7 Å². The molecule has 0 bridgehead atoms. The number of thiazole rings is 1. The van der Waals surface area contributed by atoms with Gasteiger partial charge in [0, 0.05) is 30.3 Å². The topological polar surface area (TPSA) is 260 Å². The first kappa shape index (κ1) is 31.4. The van der Waals surface area contributed by atoms with Crippen molar-refractivity contribution in [3.8, 4) is 0 Å². The molecule has 2 aliphatic rings. The number of nitrogens with two attached hydrogens (primary N) is 1. The maximum atomic E-state index is 13.8. The summed E-state index contributed by atoms with van der Waals surface area (Å²) in [4.78, 5) is 85.7. The fourth-order valence-corrected chi connectivity index (χ4v) is 7.48. The second-order valence-electron chi connectivity index (χ2n) is 10.1. The minimum absolute atomic E-state index is 0.0439. The molecule has 5 heterocycles. The van der Waals surface area contributed by atoms with Crippen LogP contribution in [0.2, 0.25) is 0 Å². The number of thioether (sulfide) groups is 1. The molecule has 6 rings (SSSR count). The van der Waals surface area contributed by atoms with Gasteiger partial charge in [0.2, 0.25) is 11.3 Å². The van der Waals surface area contributed by atoms with Gasteiger partial charge in [-0.2, -0.15) is 0 Å². The highest BCUT2D eigenvalue weighted by molar-refractivity contribution is 8.00. The summed E-state index contributed by atoms with van der Waals surface area (Å²) in [6.07, 6.45) is 1.20. The number of urea groups is 1. The van der Waals surface area contributed by atoms with Gasteiger partial charge in [0.1, 0.15) is 39.1 Å². The van der Waals surface area contributed by atoms with Crippen LogP contribution in [-0.2, 0) is 21.4 Å². The Hall–Kier alpha value is -5.54. The van der Waals surface area contributed by atoms with Crippen LogP contribution in [0.25, 0.3) is 10.3 Å². The van der Waals surface area contributed by atoms with Crippen LogP contribution in [0.15, 0.2) is 52.0 Å². The molecule has 47 heavy (non-hydrogen) atoms. The Morgan fingerprint density at radius 3 is 2.72 bits per heavy atom. The van der Waals surface area contributed by atoms with Crippen LogP contribution in [-0.4, -0.2) is 91.9 Å². The van der Waals surface area contributed by atoms with E-state index < -0.39 is 52.6 Å². The van der Waals surface area contributed by atoms with Crippen LogP contribution in [0.5, 0.6) is 0 Å². The van der Waals surface area contributed by atoms with E-state index in [9.17, 15) is 33.9 Å². The Bertz CT molecular complexity index is 2110. The van der Waals surface area contributed by atoms with Gasteiger partial charge in [-0.15, -0.1) is 28.2 Å². The molecule has 3 aromatic heterocycles. The third-order valence-corrected chi connectivity index (χ3v) is 9.68. The molecule has 1 saturated heterocycles. The van der Waals surface area contributed by atoms with Crippen molar-refractivity contribution in [3.05, 3.63) is 74.4 Å². The smallest absolute Gasteiger partial charge is 0.353 e. The summed E-state index contributed by atoms with van der Waals surface area (Å²) in [6.45, 7) is 0. The van der Waals surface area contributed by atoms with Gasteiger partial charge in [0.25, 0.3) is 11.8 Å². The summed E-state index contributed by atoms with van der Waals surface area (Å²) in [5, 5.41) is 27.8. The van der Waals surface area contributed by atoms with Crippen LogP contribution in [0.4, 0.5) is 10.5 Å². The quantitative estimate of drug-likeness (QED) is 0.0743. The lowest BCUT2D eigenvalue weighted by atomic mass is 9.99. The molecule has 0 spiro atoms. The molecule has 5 amide bonds. The highest BCUT2D eigenvalue weighted by Gasteiger charge is 2.55. The van der Waals surface area contributed by atoms with E-state index in [1.807, 2.05) is 0 Å². The molecule has 1 fully saturated rings. The molecule has 1 aromatic carbocycles. The van der Waals surface area contributed by atoms with Gasteiger partial charge >= 0.3 is 12.0 Å². The minimum atomic E-state index is -1.49. The van der Waals surface area contributed by atoms with E-state index in [0.29, 0.717) is 4.83 Å². The minimum Gasteiger partial charge on any atom is -0.477 e. The number of nitrogens with zero attached hydrogens (tertiary/aromatic N) is 6. The second kappa shape index (κ2) is 12.3. The fourth-order valence-electron chi connectivity index (χ4n) is 5.04. The summed E-state index contributed by atoms with van der Waals surface area (Å²) < 4.78 is 1.28. The van der Waals surface area contributed by atoms with E-state index in [-0.39, 0.29) is 50.0 Å². The number of rotatable bonds is 9. The number of carbonyl (C=O) groups excluding carboxylic acids is 4. The third kappa shape index (κ3) is 5.70. The molecule has 240 valence electrons. The number of β-lactam (4-membered cyclic amide) rings is 1. The SMILES string of the molecule is Cn1nnnc1C(=S)C1=C(C(=O)O)N2C(=O)C(NC(=O)C(NC(=O)c3c[nH]c4scnc4c3=O)c3cccc(NC(N)=O)c3)[C@@H]2SC1. The van der Waals surface area contributed by atoms with Crippen LogP contribution in [0, 0.1) is 0 Å². The van der Waals surface area contributed by atoms with E-state index >= 15 is 0 Å². The fraction of sp³-hybridized carbons (Fsp3) is 0.192. The van der Waals surface area contributed by atoms with Crippen LogP contribution in [0.3, 0.4) is 0 Å². The number of carboxylic acid groups (broad SMARTS) is 1. The number of anilines is 1.